The molecule has 3 aromatic carbocycles. The number of piperidine rings is 1. The molecule has 1 N–H and O–H groups in total. The van der Waals surface area contributed by atoms with Crippen LogP contribution in [0.15, 0.2) is 71.6 Å². The van der Waals surface area contributed by atoms with Gasteiger partial charge in [-0.1, -0.05) is 46.9 Å². The molecule has 1 saturated heterocycles. The zero-order valence-electron chi connectivity index (χ0n) is 17.5. The van der Waals surface area contributed by atoms with Crippen LogP contribution in [0, 0.1) is 5.82 Å². The second-order valence-corrected chi connectivity index (χ2v) is 11.0. The van der Waals surface area contributed by atoms with Gasteiger partial charge in [-0.05, 0) is 79.4 Å². The van der Waals surface area contributed by atoms with Crippen LogP contribution in [-0.4, -0.2) is 21.0 Å². The molecule has 2 atom stereocenters. The van der Waals surface area contributed by atoms with Gasteiger partial charge >= 0.3 is 0 Å². The van der Waals surface area contributed by atoms with Crippen LogP contribution in [0.5, 0.6) is 0 Å². The van der Waals surface area contributed by atoms with E-state index in [-0.39, 0.29) is 23.5 Å². The Kier molecular flexibility index (Phi) is 7.51. The third kappa shape index (κ3) is 5.64. The summed E-state index contributed by atoms with van der Waals surface area (Å²) in [7, 11) is -3.87. The summed E-state index contributed by atoms with van der Waals surface area (Å²) in [6, 6.07) is 17.6. The monoisotopic (exact) mass is 526 g/mol. The van der Waals surface area contributed by atoms with Gasteiger partial charge in [0.1, 0.15) is 5.82 Å². The van der Waals surface area contributed by atoms with Gasteiger partial charge in [-0.15, -0.1) is 0 Å². The van der Waals surface area contributed by atoms with E-state index in [9.17, 15) is 12.8 Å². The first-order valence-corrected chi connectivity index (χ1v) is 13.1. The quantitative estimate of drug-likeness (QED) is 0.381. The topological polar surface area (TPSA) is 49.4 Å². The Hall–Kier alpha value is -1.83. The minimum atomic E-state index is -3.87. The number of halogens is 4. The first-order chi connectivity index (χ1) is 15.7. The van der Waals surface area contributed by atoms with Gasteiger partial charge in [0.25, 0.3) is 0 Å². The molecule has 0 radical (unpaired) electrons. The average molecular weight is 528 g/mol. The maximum atomic E-state index is 13.6. The van der Waals surface area contributed by atoms with E-state index >= 15 is 0 Å². The van der Waals surface area contributed by atoms with E-state index in [2.05, 4.69) is 9.62 Å². The van der Waals surface area contributed by atoms with Crippen LogP contribution in [-0.2, 0) is 10.0 Å². The van der Waals surface area contributed by atoms with Gasteiger partial charge in [0.05, 0.1) is 10.9 Å². The molecule has 0 saturated carbocycles. The van der Waals surface area contributed by atoms with Crippen molar-refractivity contribution in [1.29, 1.82) is 0 Å². The van der Waals surface area contributed by atoms with Gasteiger partial charge < -0.3 is 4.90 Å². The minimum Gasteiger partial charge on any atom is -0.360 e. The summed E-state index contributed by atoms with van der Waals surface area (Å²) in [5, 5.41) is 1.73. The molecule has 33 heavy (non-hydrogen) atoms. The average Bonchev–Trinajstić information content (AvgIpc) is 2.78. The predicted molar refractivity (Wildman–Crippen MR) is 132 cm³/mol. The predicted octanol–water partition coefficient (Wildman–Crippen LogP) is 6.86. The molecular formula is C24H22Cl3FN2O2S. The van der Waals surface area contributed by atoms with Crippen molar-refractivity contribution in [2.75, 3.05) is 11.4 Å². The molecule has 1 heterocycles. The van der Waals surface area contributed by atoms with Gasteiger partial charge in [-0.25, -0.2) is 17.5 Å². The summed E-state index contributed by atoms with van der Waals surface area (Å²) in [5.41, 5.74) is 1.83. The van der Waals surface area contributed by atoms with E-state index in [1.54, 1.807) is 24.3 Å². The maximum absolute atomic E-state index is 13.6. The molecule has 4 rings (SSSR count). The standard InChI is InChI=1S/C24H22Cl3FN2O2S/c25-16-7-10-19(11-8-16)30-20(15-29-33(31,32)21-5-1-3-18(28)14-21)4-2-6-24(30)22-12-9-17(26)13-23(22)27/h1,3,5,7-14,20,24,29H,2,4,6,15H2. The summed E-state index contributed by atoms with van der Waals surface area (Å²) in [6.07, 6.45) is 2.51. The van der Waals surface area contributed by atoms with E-state index in [1.165, 1.54) is 18.2 Å². The highest BCUT2D eigenvalue weighted by Crippen LogP contribution is 2.41. The molecule has 0 amide bonds. The summed E-state index contributed by atoms with van der Waals surface area (Å²) >= 11 is 18.8. The Labute approximate surface area is 208 Å². The van der Waals surface area contributed by atoms with E-state index in [1.807, 2.05) is 18.2 Å². The highest BCUT2D eigenvalue weighted by molar-refractivity contribution is 7.89. The number of nitrogens with zero attached hydrogens (tertiary/aromatic N) is 1. The van der Waals surface area contributed by atoms with Crippen molar-refractivity contribution >= 4 is 50.5 Å². The number of nitrogens with one attached hydrogen (secondary N) is 1. The normalized spacial score (nSPS) is 19.0. The zero-order chi connectivity index (χ0) is 23.6. The lowest BCUT2D eigenvalue weighted by Gasteiger charge is -2.44. The first-order valence-electron chi connectivity index (χ1n) is 10.5. The SMILES string of the molecule is O=S(=O)(NCC1CCCC(c2ccc(Cl)cc2Cl)N1c1ccc(Cl)cc1)c1cccc(F)c1. The van der Waals surface area contributed by atoms with Crippen LogP contribution in [0.4, 0.5) is 10.1 Å². The summed E-state index contributed by atoms with van der Waals surface area (Å²) in [6.45, 7) is 0.156. The van der Waals surface area contributed by atoms with Gasteiger partial charge in [-0.3, -0.25) is 0 Å². The molecule has 2 unspecified atom stereocenters. The fraction of sp³-hybridized carbons (Fsp3) is 0.250. The van der Waals surface area contributed by atoms with Gasteiger partial charge in [0, 0.05) is 33.3 Å². The molecule has 1 aliphatic rings. The second kappa shape index (κ2) is 10.2. The van der Waals surface area contributed by atoms with Crippen LogP contribution in [0.25, 0.3) is 0 Å². The fourth-order valence-corrected chi connectivity index (χ4v) is 6.05. The van der Waals surface area contributed by atoms with Gasteiger partial charge in [0.2, 0.25) is 10.0 Å². The Balaban J connectivity index is 1.66. The number of benzene rings is 3. The molecule has 3 aromatic rings. The van der Waals surface area contributed by atoms with Crippen molar-refractivity contribution in [1.82, 2.24) is 4.72 Å². The molecule has 9 heteroatoms. The third-order valence-electron chi connectivity index (χ3n) is 5.81. The number of rotatable bonds is 6. The van der Waals surface area contributed by atoms with Crippen LogP contribution in [0.3, 0.4) is 0 Å². The zero-order valence-corrected chi connectivity index (χ0v) is 20.6. The van der Waals surface area contributed by atoms with E-state index in [4.69, 9.17) is 34.8 Å². The fourth-order valence-electron chi connectivity index (χ4n) is 4.28. The Morgan fingerprint density at radius 3 is 2.36 bits per heavy atom. The van der Waals surface area contributed by atoms with Crippen LogP contribution < -0.4 is 9.62 Å². The summed E-state index contributed by atoms with van der Waals surface area (Å²) < 4.78 is 41.9. The van der Waals surface area contributed by atoms with Gasteiger partial charge in [-0.2, -0.15) is 0 Å². The number of hydrogen-bond donors (Lipinski definition) is 1. The van der Waals surface area contributed by atoms with Crippen molar-refractivity contribution in [3.63, 3.8) is 0 Å². The largest absolute Gasteiger partial charge is 0.360 e. The summed E-state index contributed by atoms with van der Waals surface area (Å²) in [4.78, 5) is 2.08. The first kappa shape index (κ1) is 24.3. The molecule has 0 bridgehead atoms. The van der Waals surface area contributed by atoms with E-state index < -0.39 is 15.8 Å². The Morgan fingerprint density at radius 2 is 1.67 bits per heavy atom. The lowest BCUT2D eigenvalue weighted by atomic mass is 9.90. The van der Waals surface area contributed by atoms with Crippen LogP contribution in [0.1, 0.15) is 30.9 Å². The lowest BCUT2D eigenvalue weighted by Crippen LogP contribution is -2.48. The number of sulfonamides is 1. The molecule has 4 nitrogen and oxygen atoms in total. The molecular weight excluding hydrogens is 506 g/mol. The van der Waals surface area contributed by atoms with Crippen LogP contribution >= 0.6 is 34.8 Å². The van der Waals surface area contributed by atoms with Crippen LogP contribution in [0.2, 0.25) is 15.1 Å². The molecule has 1 aliphatic heterocycles. The highest BCUT2D eigenvalue weighted by Gasteiger charge is 2.33. The van der Waals surface area contributed by atoms with Crippen molar-refractivity contribution in [2.24, 2.45) is 0 Å². The summed E-state index contributed by atoms with van der Waals surface area (Å²) in [5.74, 6) is -0.601. The lowest BCUT2D eigenvalue weighted by molar-refractivity contribution is 0.384. The van der Waals surface area contributed by atoms with Crippen molar-refractivity contribution < 1.29 is 12.8 Å². The van der Waals surface area contributed by atoms with Crippen molar-refractivity contribution in [2.45, 2.75) is 36.2 Å². The Morgan fingerprint density at radius 1 is 0.939 bits per heavy atom. The number of anilines is 1. The highest BCUT2D eigenvalue weighted by atomic mass is 35.5. The molecule has 0 spiro atoms. The minimum absolute atomic E-state index is 0.0756. The van der Waals surface area contributed by atoms with Crippen molar-refractivity contribution in [3.05, 3.63) is 93.2 Å². The maximum Gasteiger partial charge on any atom is 0.240 e. The van der Waals surface area contributed by atoms with Gasteiger partial charge in [0.15, 0.2) is 0 Å². The molecule has 0 aliphatic carbocycles. The smallest absolute Gasteiger partial charge is 0.240 e. The molecule has 174 valence electrons. The van der Waals surface area contributed by atoms with Crippen molar-refractivity contribution in [3.8, 4) is 0 Å². The Bertz CT molecular complexity index is 1240. The van der Waals surface area contributed by atoms with E-state index in [0.29, 0.717) is 15.1 Å². The van der Waals surface area contributed by atoms with E-state index in [0.717, 1.165) is 36.6 Å². The third-order valence-corrected chi connectivity index (χ3v) is 8.04. The second-order valence-electron chi connectivity index (χ2n) is 7.96. The molecule has 1 fully saturated rings. The molecule has 0 aromatic heterocycles. The number of hydrogen-bond acceptors (Lipinski definition) is 3.